The molecule has 0 aliphatic heterocycles. The lowest BCUT2D eigenvalue weighted by atomic mass is 10.4. The first-order chi connectivity index (χ1) is 5.91. The van der Waals surface area contributed by atoms with E-state index in [1.54, 1.807) is 0 Å². The number of aromatic nitrogens is 2. The van der Waals surface area contributed by atoms with Crippen molar-refractivity contribution in [2.75, 3.05) is 0 Å². The van der Waals surface area contributed by atoms with Crippen molar-refractivity contribution >= 4 is 6.08 Å². The highest BCUT2D eigenvalue weighted by Crippen LogP contribution is 2.22. The third-order valence-corrected chi connectivity index (χ3v) is 1.40. The van der Waals surface area contributed by atoms with Crippen LogP contribution in [0.5, 0.6) is 0 Å². The molecule has 0 fully saturated rings. The molecule has 0 aromatic carbocycles. The van der Waals surface area contributed by atoms with Crippen LogP contribution in [0.4, 0.5) is 13.2 Å². The van der Waals surface area contributed by atoms with Crippen LogP contribution in [0.1, 0.15) is 5.82 Å². The zero-order valence-corrected chi connectivity index (χ0v) is 6.67. The molecule has 0 unspecified atom stereocenters. The Hall–Kier alpha value is -1.46. The molecule has 1 aromatic heterocycles. The van der Waals surface area contributed by atoms with Gasteiger partial charge >= 0.3 is 6.18 Å². The minimum Gasteiger partial charge on any atom is -0.869 e. The molecule has 3 nitrogen and oxygen atoms in total. The Morgan fingerprint density at radius 2 is 2.23 bits per heavy atom. The molecular formula is C7H6F3N2O-. The summed E-state index contributed by atoms with van der Waals surface area (Å²) >= 11 is 0. The number of imidazole rings is 1. The molecule has 1 rings (SSSR count). The van der Waals surface area contributed by atoms with E-state index < -0.39 is 11.9 Å². The van der Waals surface area contributed by atoms with Crippen LogP contribution in [-0.4, -0.2) is 15.7 Å². The second-order valence-corrected chi connectivity index (χ2v) is 2.40. The Balaban J connectivity index is 2.96. The number of hydrogen-bond acceptors (Lipinski definition) is 2. The van der Waals surface area contributed by atoms with Crippen molar-refractivity contribution in [2.45, 2.75) is 6.18 Å². The first-order valence-corrected chi connectivity index (χ1v) is 3.34. The van der Waals surface area contributed by atoms with Gasteiger partial charge in [0, 0.05) is 19.4 Å². The van der Waals surface area contributed by atoms with Gasteiger partial charge in [0.2, 0.25) is 0 Å². The highest BCUT2D eigenvalue weighted by Gasteiger charge is 2.26. The van der Waals surface area contributed by atoms with Gasteiger partial charge in [0.25, 0.3) is 0 Å². The van der Waals surface area contributed by atoms with E-state index in [0.717, 1.165) is 0 Å². The predicted molar refractivity (Wildman–Crippen MR) is 37.2 cm³/mol. The maximum Gasteiger partial charge on any atom is 0.402 e. The smallest absolute Gasteiger partial charge is 0.402 e. The van der Waals surface area contributed by atoms with Crippen molar-refractivity contribution in [3.8, 4) is 0 Å². The van der Waals surface area contributed by atoms with Gasteiger partial charge in [-0.3, -0.25) is 0 Å². The average molecular weight is 191 g/mol. The largest absolute Gasteiger partial charge is 0.869 e. The number of alkyl halides is 3. The van der Waals surface area contributed by atoms with Gasteiger partial charge in [0.1, 0.15) is 5.82 Å². The van der Waals surface area contributed by atoms with Gasteiger partial charge in [-0.15, -0.1) is 0 Å². The third kappa shape index (κ3) is 2.24. The Bertz CT molecular complexity index is 327. The van der Waals surface area contributed by atoms with Crippen molar-refractivity contribution in [3.63, 3.8) is 0 Å². The fourth-order valence-corrected chi connectivity index (χ4v) is 0.715. The molecule has 0 atom stereocenters. The van der Waals surface area contributed by atoms with Gasteiger partial charge in [-0.1, -0.05) is 0 Å². The fraction of sp³-hybridized carbons (Fsp3) is 0.286. The predicted octanol–water partition coefficient (Wildman–Crippen LogP) is 0.684. The maximum absolute atomic E-state index is 11.8. The second kappa shape index (κ2) is 3.12. The fourth-order valence-electron chi connectivity index (χ4n) is 0.715. The van der Waals surface area contributed by atoms with Gasteiger partial charge in [-0.2, -0.15) is 13.2 Å². The van der Waals surface area contributed by atoms with E-state index in [4.69, 9.17) is 0 Å². The zero-order chi connectivity index (χ0) is 10.1. The van der Waals surface area contributed by atoms with E-state index in [1.165, 1.54) is 24.0 Å². The molecule has 72 valence electrons. The van der Waals surface area contributed by atoms with Crippen LogP contribution < -0.4 is 5.11 Å². The average Bonchev–Trinajstić information content (AvgIpc) is 2.34. The number of aryl methyl sites for hydroxylation is 1. The molecule has 0 aliphatic rings. The Kier molecular flexibility index (Phi) is 2.31. The summed E-state index contributed by atoms with van der Waals surface area (Å²) in [5.74, 6) is -1.91. The maximum atomic E-state index is 11.8. The first-order valence-electron chi connectivity index (χ1n) is 3.34. The van der Waals surface area contributed by atoms with Crippen LogP contribution in [0.2, 0.25) is 0 Å². The molecular weight excluding hydrogens is 185 g/mol. The number of nitrogens with zero attached hydrogens (tertiary/aromatic N) is 2. The van der Waals surface area contributed by atoms with Gasteiger partial charge < -0.3 is 9.67 Å². The summed E-state index contributed by atoms with van der Waals surface area (Å²) in [7, 11) is 1.50. The lowest BCUT2D eigenvalue weighted by Crippen LogP contribution is -2.22. The first kappa shape index (κ1) is 9.63. The highest BCUT2D eigenvalue weighted by molar-refractivity contribution is 5.43. The topological polar surface area (TPSA) is 40.9 Å². The SMILES string of the molecule is Cn1ccnc1/C=C(\[O-])C(F)(F)F. The van der Waals surface area contributed by atoms with Gasteiger partial charge in [0.15, 0.2) is 0 Å². The van der Waals surface area contributed by atoms with Crippen LogP contribution in [0, 0.1) is 0 Å². The van der Waals surface area contributed by atoms with Gasteiger partial charge in [-0.25, -0.2) is 4.98 Å². The summed E-state index contributed by atoms with van der Waals surface area (Å²) in [6, 6.07) is 0. The van der Waals surface area contributed by atoms with Crippen LogP contribution >= 0.6 is 0 Å². The van der Waals surface area contributed by atoms with Crippen LogP contribution in [0.25, 0.3) is 6.08 Å². The molecule has 0 aliphatic carbocycles. The molecule has 0 saturated carbocycles. The van der Waals surface area contributed by atoms with E-state index >= 15 is 0 Å². The monoisotopic (exact) mass is 191 g/mol. The van der Waals surface area contributed by atoms with Crippen molar-refractivity contribution in [2.24, 2.45) is 7.05 Å². The summed E-state index contributed by atoms with van der Waals surface area (Å²) in [5, 5.41) is 10.5. The number of halogens is 3. The van der Waals surface area contributed by atoms with E-state index in [0.29, 0.717) is 6.08 Å². The molecule has 13 heavy (non-hydrogen) atoms. The molecule has 0 amide bonds. The highest BCUT2D eigenvalue weighted by atomic mass is 19.4. The normalized spacial score (nSPS) is 13.4. The zero-order valence-electron chi connectivity index (χ0n) is 6.67. The number of hydrogen-bond donors (Lipinski definition) is 0. The van der Waals surface area contributed by atoms with E-state index in [1.807, 2.05) is 0 Å². The van der Waals surface area contributed by atoms with Crippen molar-refractivity contribution in [3.05, 3.63) is 24.0 Å². The van der Waals surface area contributed by atoms with Crippen LogP contribution in [-0.2, 0) is 7.05 Å². The molecule has 0 N–H and O–H groups in total. The van der Waals surface area contributed by atoms with Gasteiger partial charge in [-0.05, 0) is 11.8 Å². The molecule has 1 aromatic rings. The molecule has 0 spiro atoms. The lowest BCUT2D eigenvalue weighted by molar-refractivity contribution is -0.358. The van der Waals surface area contributed by atoms with Crippen molar-refractivity contribution in [1.29, 1.82) is 0 Å². The Morgan fingerprint density at radius 3 is 2.62 bits per heavy atom. The lowest BCUT2D eigenvalue weighted by Gasteiger charge is -2.15. The second-order valence-electron chi connectivity index (χ2n) is 2.40. The summed E-state index contributed by atoms with van der Waals surface area (Å²) < 4.78 is 36.6. The molecule has 0 radical (unpaired) electrons. The van der Waals surface area contributed by atoms with Crippen LogP contribution in [0.15, 0.2) is 18.2 Å². The third-order valence-electron chi connectivity index (χ3n) is 1.40. The van der Waals surface area contributed by atoms with E-state index in [9.17, 15) is 18.3 Å². The molecule has 0 bridgehead atoms. The quantitative estimate of drug-likeness (QED) is 0.612. The summed E-state index contributed by atoms with van der Waals surface area (Å²) in [6.07, 6.45) is -1.60. The van der Waals surface area contributed by atoms with Crippen LogP contribution in [0.3, 0.4) is 0 Å². The molecule has 1 heterocycles. The minimum atomic E-state index is -4.83. The molecule has 6 heteroatoms. The summed E-state index contributed by atoms with van der Waals surface area (Å²) in [6.45, 7) is 0. The van der Waals surface area contributed by atoms with E-state index in [2.05, 4.69) is 4.98 Å². The number of rotatable bonds is 1. The Labute approximate surface area is 72.1 Å². The summed E-state index contributed by atoms with van der Waals surface area (Å²) in [4.78, 5) is 3.56. The minimum absolute atomic E-state index is 0.0117. The van der Waals surface area contributed by atoms with Crippen molar-refractivity contribution < 1.29 is 18.3 Å². The van der Waals surface area contributed by atoms with Crippen molar-refractivity contribution in [1.82, 2.24) is 9.55 Å². The van der Waals surface area contributed by atoms with Gasteiger partial charge in [0.05, 0.1) is 0 Å². The Morgan fingerprint density at radius 1 is 1.62 bits per heavy atom. The standard InChI is InChI=1S/C7H7F3N2O/c1-12-3-2-11-6(12)4-5(13)7(8,9)10/h2-4,13H,1H3/p-1/b5-4-. The molecule has 0 saturated heterocycles. The van der Waals surface area contributed by atoms with E-state index in [-0.39, 0.29) is 5.82 Å². The summed E-state index contributed by atoms with van der Waals surface area (Å²) in [5.41, 5.74) is 0. The number of allylic oxidation sites excluding steroid dienone is 1.